The van der Waals surface area contributed by atoms with E-state index in [-0.39, 0.29) is 0 Å². The third-order valence-electron chi connectivity index (χ3n) is 10.5. The number of aromatic nitrogens is 2. The molecule has 0 unspecified atom stereocenters. The molecule has 2 heteroatoms. The predicted octanol–water partition coefficient (Wildman–Crippen LogP) is 13.0. The molecule has 0 aliphatic heterocycles. The summed E-state index contributed by atoms with van der Waals surface area (Å²) in [6.07, 6.45) is 23.2. The van der Waals surface area contributed by atoms with Crippen LogP contribution in [0.25, 0.3) is 49.7 Å². The van der Waals surface area contributed by atoms with E-state index in [1.54, 1.807) is 0 Å². The van der Waals surface area contributed by atoms with Crippen molar-refractivity contribution in [3.63, 3.8) is 0 Å². The van der Waals surface area contributed by atoms with Crippen LogP contribution in [0.15, 0.2) is 55.1 Å². The monoisotopic (exact) mass is 602 g/mol. The summed E-state index contributed by atoms with van der Waals surface area (Å²) in [5.41, 5.74) is 9.47. The highest BCUT2D eigenvalue weighted by Crippen LogP contribution is 2.39. The lowest BCUT2D eigenvalue weighted by atomic mass is 9.91. The van der Waals surface area contributed by atoms with Crippen LogP contribution in [0.3, 0.4) is 0 Å². The molecule has 2 heterocycles. The second-order valence-corrected chi connectivity index (χ2v) is 13.6. The minimum absolute atomic E-state index is 1.14. The lowest BCUT2D eigenvalue weighted by Gasteiger charge is -2.13. The smallest absolute Gasteiger partial charge is 0.0486 e. The van der Waals surface area contributed by atoms with Gasteiger partial charge in [-0.2, -0.15) is 0 Å². The van der Waals surface area contributed by atoms with Crippen LogP contribution in [0.5, 0.6) is 0 Å². The van der Waals surface area contributed by atoms with E-state index in [9.17, 15) is 0 Å². The van der Waals surface area contributed by atoms with E-state index in [4.69, 9.17) is 0 Å². The predicted molar refractivity (Wildman–Crippen MR) is 201 cm³/mol. The zero-order valence-electron chi connectivity index (χ0n) is 29.1. The van der Waals surface area contributed by atoms with Gasteiger partial charge >= 0.3 is 0 Å². The van der Waals surface area contributed by atoms with E-state index in [0.717, 1.165) is 6.42 Å². The Kier molecular flexibility index (Phi) is 11.7. The third-order valence-corrected chi connectivity index (χ3v) is 10.5. The van der Waals surface area contributed by atoms with Crippen LogP contribution in [0.1, 0.15) is 126 Å². The molecule has 0 atom stereocenters. The quantitative estimate of drug-likeness (QED) is 0.0697. The molecular weight excluding hydrogens is 544 g/mol. The van der Waals surface area contributed by atoms with Crippen LogP contribution in [0.4, 0.5) is 0 Å². The van der Waals surface area contributed by atoms with Gasteiger partial charge in [-0.15, -0.1) is 0 Å². The number of unbranched alkanes of at least 4 members (excludes halogenated alkanes) is 12. The first-order chi connectivity index (χ1) is 22.0. The largest absolute Gasteiger partial charge is 0.348 e. The first kappa shape index (κ1) is 33.1. The van der Waals surface area contributed by atoms with E-state index >= 15 is 0 Å². The molecular formula is C43H58N2. The zero-order chi connectivity index (χ0) is 31.8. The van der Waals surface area contributed by atoms with Gasteiger partial charge in [0.05, 0.1) is 0 Å². The molecule has 240 valence electrons. The van der Waals surface area contributed by atoms with Crippen LogP contribution >= 0.6 is 0 Å². The molecule has 0 N–H and O–H groups in total. The number of hydrogen-bond acceptors (Lipinski definition) is 0. The van der Waals surface area contributed by atoms with Gasteiger partial charge in [-0.3, -0.25) is 0 Å². The van der Waals surface area contributed by atoms with Gasteiger partial charge < -0.3 is 9.13 Å². The minimum Gasteiger partial charge on any atom is -0.348 e. The highest BCUT2D eigenvalue weighted by atomic mass is 15.0. The molecule has 45 heavy (non-hydrogen) atoms. The fraction of sp³-hybridized carbons (Fsp3) is 0.488. The molecule has 0 bridgehead atoms. The van der Waals surface area contributed by atoms with Crippen molar-refractivity contribution in [1.29, 1.82) is 0 Å². The normalized spacial score (nSPS) is 11.8. The van der Waals surface area contributed by atoms with Gasteiger partial charge in [0, 0.05) is 47.6 Å². The standard InChI is InChI=1S/C43H58N2/c1-7-10-12-14-16-18-20-22-33-30-40(42(9-3)44(33)5)36-25-26-37-35(32(36)4)24-27-39-38(37)28-29-43-41(39)31-34(45(43)6)23-21-19-17-15-13-11-8-2/h9,24-31H,3,7-8,10-23H2,1-2,4-6H3. The summed E-state index contributed by atoms with van der Waals surface area (Å²) in [5.74, 6) is 0. The molecule has 3 aromatic carbocycles. The fourth-order valence-corrected chi connectivity index (χ4v) is 7.68. The van der Waals surface area contributed by atoms with Crippen molar-refractivity contribution < 1.29 is 0 Å². The topological polar surface area (TPSA) is 9.86 Å². The van der Waals surface area contributed by atoms with Gasteiger partial charge in [-0.25, -0.2) is 0 Å². The summed E-state index contributed by atoms with van der Waals surface area (Å²) in [6.45, 7) is 11.1. The number of rotatable bonds is 18. The van der Waals surface area contributed by atoms with E-state index in [0.29, 0.717) is 0 Å². The van der Waals surface area contributed by atoms with Gasteiger partial charge in [0.25, 0.3) is 0 Å². The van der Waals surface area contributed by atoms with Crippen molar-refractivity contribution in [3.05, 3.63) is 77.8 Å². The summed E-state index contributed by atoms with van der Waals surface area (Å²) in [4.78, 5) is 0. The summed E-state index contributed by atoms with van der Waals surface area (Å²) < 4.78 is 4.81. The maximum Gasteiger partial charge on any atom is 0.0486 e. The first-order valence-electron chi connectivity index (χ1n) is 18.2. The number of aryl methyl sites for hydroxylation is 4. The molecule has 0 spiro atoms. The Bertz CT molecular complexity index is 1730. The maximum atomic E-state index is 4.22. The van der Waals surface area contributed by atoms with Crippen LogP contribution < -0.4 is 0 Å². The second-order valence-electron chi connectivity index (χ2n) is 13.6. The number of fused-ring (bicyclic) bond motifs is 5. The summed E-state index contributed by atoms with van der Waals surface area (Å²) >= 11 is 0. The molecule has 0 saturated carbocycles. The van der Waals surface area contributed by atoms with Crippen molar-refractivity contribution in [1.82, 2.24) is 9.13 Å². The first-order valence-corrected chi connectivity index (χ1v) is 18.2. The van der Waals surface area contributed by atoms with Gasteiger partial charge in [0.2, 0.25) is 0 Å². The number of hydrogen-bond donors (Lipinski definition) is 0. The Balaban J connectivity index is 1.38. The lowest BCUT2D eigenvalue weighted by molar-refractivity contribution is 0.583. The highest BCUT2D eigenvalue weighted by Gasteiger charge is 2.17. The molecule has 0 amide bonds. The summed E-state index contributed by atoms with van der Waals surface area (Å²) in [7, 11) is 4.47. The molecule has 2 aromatic heterocycles. The average Bonchev–Trinajstić information content (AvgIpc) is 3.55. The molecule has 2 nitrogen and oxygen atoms in total. The molecule has 0 aliphatic carbocycles. The van der Waals surface area contributed by atoms with Gasteiger partial charge in [-0.05, 0) is 89.6 Å². The molecule has 0 saturated heterocycles. The minimum atomic E-state index is 1.14. The lowest BCUT2D eigenvalue weighted by Crippen LogP contribution is -1.98. The van der Waals surface area contributed by atoms with Crippen LogP contribution in [0, 0.1) is 6.92 Å². The Morgan fingerprint density at radius 3 is 1.64 bits per heavy atom. The van der Waals surface area contributed by atoms with E-state index in [2.05, 4.69) is 99.1 Å². The zero-order valence-corrected chi connectivity index (χ0v) is 29.1. The molecule has 0 radical (unpaired) electrons. The van der Waals surface area contributed by atoms with Crippen molar-refractivity contribution in [2.24, 2.45) is 14.1 Å². The molecule has 0 fully saturated rings. The Morgan fingerprint density at radius 1 is 0.533 bits per heavy atom. The summed E-state index contributed by atoms with van der Waals surface area (Å²) in [6, 6.07) is 19.1. The maximum absolute atomic E-state index is 4.22. The highest BCUT2D eigenvalue weighted by molar-refractivity contribution is 6.18. The van der Waals surface area contributed by atoms with E-state index in [1.807, 2.05) is 6.08 Å². The van der Waals surface area contributed by atoms with Crippen LogP contribution in [-0.2, 0) is 26.9 Å². The second kappa shape index (κ2) is 15.8. The van der Waals surface area contributed by atoms with Crippen molar-refractivity contribution in [2.45, 2.75) is 124 Å². The van der Waals surface area contributed by atoms with Gasteiger partial charge in [0.15, 0.2) is 0 Å². The number of benzene rings is 3. The van der Waals surface area contributed by atoms with Gasteiger partial charge in [-0.1, -0.05) is 128 Å². The SMILES string of the molecule is C=Cc1c(-c2ccc3c(ccc4c3ccc3c4cc(CCCCCCCCC)n3C)c2C)cc(CCCCCCCCC)n1C. The van der Waals surface area contributed by atoms with Crippen molar-refractivity contribution in [2.75, 3.05) is 0 Å². The van der Waals surface area contributed by atoms with Crippen molar-refractivity contribution >= 4 is 38.5 Å². The average molecular weight is 603 g/mol. The van der Waals surface area contributed by atoms with Crippen molar-refractivity contribution in [3.8, 4) is 11.1 Å². The van der Waals surface area contributed by atoms with Gasteiger partial charge in [0.1, 0.15) is 0 Å². The number of nitrogens with zero attached hydrogens (tertiary/aromatic N) is 2. The third kappa shape index (κ3) is 7.26. The van der Waals surface area contributed by atoms with E-state index in [1.165, 1.54) is 163 Å². The molecule has 5 rings (SSSR count). The Labute approximate surface area is 273 Å². The van der Waals surface area contributed by atoms with Crippen LogP contribution in [-0.4, -0.2) is 9.13 Å². The summed E-state index contributed by atoms with van der Waals surface area (Å²) in [5, 5.41) is 6.83. The van der Waals surface area contributed by atoms with Crippen LogP contribution in [0.2, 0.25) is 0 Å². The Hall–Kier alpha value is -3.26. The fourth-order valence-electron chi connectivity index (χ4n) is 7.68. The molecule has 5 aromatic rings. The van der Waals surface area contributed by atoms with E-state index < -0.39 is 0 Å². The molecule has 0 aliphatic rings. The Morgan fingerprint density at radius 2 is 1.02 bits per heavy atom.